The fourth-order valence-electron chi connectivity index (χ4n) is 1.82. The van der Waals surface area contributed by atoms with E-state index in [9.17, 15) is 0 Å². The average molecular weight is 260 g/mol. The van der Waals surface area contributed by atoms with E-state index in [1.54, 1.807) is 51.2 Å². The summed E-state index contributed by atoms with van der Waals surface area (Å²) in [5.41, 5.74) is 6.20. The van der Waals surface area contributed by atoms with Crippen molar-refractivity contribution in [3.05, 3.63) is 37.2 Å². The molecule has 10 heteroatoms. The molecule has 3 heterocycles. The quantitative estimate of drug-likeness (QED) is 0.615. The van der Waals surface area contributed by atoms with Gasteiger partial charge in [-0.05, 0) is 0 Å². The third-order valence-electron chi connectivity index (χ3n) is 2.77. The number of rotatable bonds is 5. The molecule has 0 bridgehead atoms. The Morgan fingerprint density at radius 1 is 0.842 bits per heavy atom. The van der Waals surface area contributed by atoms with Gasteiger partial charge < -0.3 is 5.73 Å². The van der Waals surface area contributed by atoms with Crippen molar-refractivity contribution in [3.63, 3.8) is 0 Å². The van der Waals surface area contributed by atoms with E-state index in [1.165, 1.54) is 0 Å². The first-order chi connectivity index (χ1) is 9.34. The van der Waals surface area contributed by atoms with Gasteiger partial charge in [-0.25, -0.2) is 9.36 Å². The van der Waals surface area contributed by atoms with E-state index in [0.29, 0.717) is 6.54 Å². The topological polar surface area (TPSA) is 118 Å². The van der Waals surface area contributed by atoms with Crippen molar-refractivity contribution in [2.45, 2.75) is 18.8 Å². The first-order valence-electron chi connectivity index (χ1n) is 5.66. The molecular weight excluding hydrogens is 248 g/mol. The molecule has 98 valence electrons. The van der Waals surface area contributed by atoms with Gasteiger partial charge in [0.15, 0.2) is 0 Å². The van der Waals surface area contributed by atoms with Crippen LogP contribution < -0.4 is 5.73 Å². The molecule has 0 aliphatic rings. The lowest BCUT2D eigenvalue weighted by Crippen LogP contribution is -2.33. The van der Waals surface area contributed by atoms with Gasteiger partial charge in [0.25, 0.3) is 0 Å². The molecular formula is C9H12N10. The Kier molecular flexibility index (Phi) is 2.98. The molecule has 3 aromatic rings. The van der Waals surface area contributed by atoms with E-state index in [-0.39, 0.29) is 6.04 Å². The summed E-state index contributed by atoms with van der Waals surface area (Å²) in [7, 11) is 0. The monoisotopic (exact) mass is 260 g/mol. The maximum absolute atomic E-state index is 6.20. The van der Waals surface area contributed by atoms with Gasteiger partial charge in [-0.3, -0.25) is 4.68 Å². The summed E-state index contributed by atoms with van der Waals surface area (Å²) in [5, 5.41) is 23.2. The summed E-state index contributed by atoms with van der Waals surface area (Å²) in [6.45, 7) is 0.504. The van der Waals surface area contributed by atoms with Crippen LogP contribution in [0.4, 0.5) is 0 Å². The van der Waals surface area contributed by atoms with Gasteiger partial charge in [0.05, 0.1) is 25.1 Å². The first-order valence-corrected chi connectivity index (χ1v) is 5.66. The van der Waals surface area contributed by atoms with Gasteiger partial charge in [0.1, 0.15) is 12.2 Å². The highest BCUT2D eigenvalue weighted by Crippen LogP contribution is 2.18. The van der Waals surface area contributed by atoms with Crippen LogP contribution in [0, 0.1) is 0 Å². The van der Waals surface area contributed by atoms with Gasteiger partial charge in [-0.15, -0.1) is 15.3 Å². The maximum atomic E-state index is 6.20. The molecule has 3 rings (SSSR count). The van der Waals surface area contributed by atoms with Crippen LogP contribution >= 0.6 is 0 Å². The van der Waals surface area contributed by atoms with E-state index in [2.05, 4.69) is 30.9 Å². The van der Waals surface area contributed by atoms with Crippen molar-refractivity contribution in [2.75, 3.05) is 0 Å². The molecule has 0 aromatic carbocycles. The van der Waals surface area contributed by atoms with E-state index in [0.717, 1.165) is 0 Å². The molecule has 0 aliphatic carbocycles. The minimum atomic E-state index is -0.437. The number of aromatic nitrogens is 9. The molecule has 0 saturated carbocycles. The highest BCUT2D eigenvalue weighted by Gasteiger charge is 2.23. The molecule has 2 N–H and O–H groups in total. The van der Waals surface area contributed by atoms with Crippen molar-refractivity contribution < 1.29 is 0 Å². The fourth-order valence-corrected chi connectivity index (χ4v) is 1.82. The zero-order valence-electron chi connectivity index (χ0n) is 9.93. The van der Waals surface area contributed by atoms with Crippen molar-refractivity contribution in [2.24, 2.45) is 5.73 Å². The zero-order chi connectivity index (χ0) is 13.1. The van der Waals surface area contributed by atoms with Crippen LogP contribution in [0.25, 0.3) is 0 Å². The lowest BCUT2D eigenvalue weighted by Gasteiger charge is -2.23. The van der Waals surface area contributed by atoms with Crippen molar-refractivity contribution in [1.29, 1.82) is 0 Å². The first kappa shape index (κ1) is 11.5. The lowest BCUT2D eigenvalue weighted by atomic mass is 10.2. The van der Waals surface area contributed by atoms with Crippen molar-refractivity contribution in [3.8, 4) is 0 Å². The van der Waals surface area contributed by atoms with Crippen LogP contribution in [-0.4, -0.2) is 45.0 Å². The molecule has 2 atom stereocenters. The van der Waals surface area contributed by atoms with Crippen LogP contribution in [0.15, 0.2) is 37.2 Å². The minimum Gasteiger partial charge on any atom is -0.308 e. The Bertz CT molecular complexity index is 583. The van der Waals surface area contributed by atoms with Gasteiger partial charge >= 0.3 is 0 Å². The van der Waals surface area contributed by atoms with E-state index in [1.807, 2.05) is 0 Å². The summed E-state index contributed by atoms with van der Waals surface area (Å²) < 4.78 is 4.93. The number of hydrogen-bond donors (Lipinski definition) is 1. The van der Waals surface area contributed by atoms with Gasteiger partial charge in [0, 0.05) is 18.6 Å². The zero-order valence-corrected chi connectivity index (χ0v) is 9.93. The molecule has 0 spiro atoms. The molecule has 0 amide bonds. The second-order valence-corrected chi connectivity index (χ2v) is 3.95. The molecule has 19 heavy (non-hydrogen) atoms. The van der Waals surface area contributed by atoms with Crippen LogP contribution in [0.2, 0.25) is 0 Å². The normalized spacial score (nSPS) is 14.4. The smallest absolute Gasteiger partial charge is 0.125 e. The van der Waals surface area contributed by atoms with Crippen molar-refractivity contribution in [1.82, 2.24) is 45.0 Å². The summed E-state index contributed by atoms with van der Waals surface area (Å²) in [6, 6.07) is -0.203. The van der Waals surface area contributed by atoms with Crippen LogP contribution in [-0.2, 0) is 6.54 Å². The highest BCUT2D eigenvalue weighted by molar-refractivity contribution is 4.81. The summed E-state index contributed by atoms with van der Waals surface area (Å²) in [6.07, 6.45) is 9.57. The molecule has 0 fully saturated rings. The Balaban J connectivity index is 1.88. The number of nitrogens with zero attached hydrogens (tertiary/aromatic N) is 9. The maximum Gasteiger partial charge on any atom is 0.125 e. The fraction of sp³-hybridized carbons (Fsp3) is 0.333. The minimum absolute atomic E-state index is 0.203. The molecule has 2 unspecified atom stereocenters. The lowest BCUT2D eigenvalue weighted by molar-refractivity contribution is 0.245. The number of hydrogen-bond acceptors (Lipinski definition) is 7. The Labute approximate surface area is 107 Å². The predicted octanol–water partition coefficient (Wildman–Crippen LogP) is -1.14. The van der Waals surface area contributed by atoms with E-state index < -0.39 is 6.17 Å². The molecule has 0 radical (unpaired) electrons. The van der Waals surface area contributed by atoms with Gasteiger partial charge in [-0.2, -0.15) is 0 Å². The average Bonchev–Trinajstić information content (AvgIpc) is 3.15. The van der Waals surface area contributed by atoms with Gasteiger partial charge in [-0.1, -0.05) is 15.6 Å². The Hall–Kier alpha value is -2.62. The standard InChI is InChI=1S/C9H12N10/c10-9(19-6-3-13-16-19)8(18-5-2-12-15-18)7-17-4-1-11-14-17/h1-6,8-9H,7,10H2. The second-order valence-electron chi connectivity index (χ2n) is 3.95. The molecule has 0 aliphatic heterocycles. The Morgan fingerprint density at radius 2 is 1.47 bits per heavy atom. The summed E-state index contributed by atoms with van der Waals surface area (Å²) >= 11 is 0. The third-order valence-corrected chi connectivity index (χ3v) is 2.77. The summed E-state index contributed by atoms with van der Waals surface area (Å²) in [5.74, 6) is 0. The molecule has 10 nitrogen and oxygen atoms in total. The van der Waals surface area contributed by atoms with E-state index in [4.69, 9.17) is 5.73 Å². The van der Waals surface area contributed by atoms with Crippen molar-refractivity contribution >= 4 is 0 Å². The van der Waals surface area contributed by atoms with Crippen LogP contribution in [0.5, 0.6) is 0 Å². The van der Waals surface area contributed by atoms with Crippen LogP contribution in [0.3, 0.4) is 0 Å². The number of nitrogens with two attached hydrogens (primary N) is 1. The second kappa shape index (κ2) is 4.94. The molecule has 3 aromatic heterocycles. The van der Waals surface area contributed by atoms with Gasteiger partial charge in [0.2, 0.25) is 0 Å². The molecule has 0 saturated heterocycles. The van der Waals surface area contributed by atoms with Crippen LogP contribution in [0.1, 0.15) is 12.2 Å². The third kappa shape index (κ3) is 2.33. The highest BCUT2D eigenvalue weighted by atomic mass is 15.5. The van der Waals surface area contributed by atoms with E-state index >= 15 is 0 Å². The Morgan fingerprint density at radius 3 is 2.05 bits per heavy atom. The largest absolute Gasteiger partial charge is 0.308 e. The SMILES string of the molecule is NC(C(Cn1ccnn1)n1ccnn1)n1ccnn1. The predicted molar refractivity (Wildman–Crippen MR) is 62.3 cm³/mol. The summed E-state index contributed by atoms with van der Waals surface area (Å²) in [4.78, 5) is 0.